The lowest BCUT2D eigenvalue weighted by atomic mass is 9.54. The van der Waals surface area contributed by atoms with Crippen LogP contribution in [0.3, 0.4) is 0 Å². The second kappa shape index (κ2) is 5.55. The lowest BCUT2D eigenvalue weighted by Crippen LogP contribution is -2.47. The molecule has 0 spiro atoms. The normalized spacial score (nSPS) is 32.7. The fraction of sp³-hybridized carbons (Fsp3) is 0.556. The van der Waals surface area contributed by atoms with Gasteiger partial charge in [0.1, 0.15) is 5.75 Å². The average molecular weight is 318 g/mol. The van der Waals surface area contributed by atoms with Gasteiger partial charge in [0, 0.05) is 6.42 Å². The predicted octanol–water partition coefficient (Wildman–Crippen LogP) is 3.01. The van der Waals surface area contributed by atoms with Gasteiger partial charge in [0.05, 0.1) is 5.41 Å². The smallest absolute Gasteiger partial charge is 0.309 e. The van der Waals surface area contributed by atoms with Crippen LogP contribution >= 0.6 is 0 Å². The first kappa shape index (κ1) is 15.8. The monoisotopic (exact) mass is 318 g/mol. The van der Waals surface area contributed by atoms with Crippen molar-refractivity contribution in [2.75, 3.05) is 0 Å². The molecule has 0 heterocycles. The van der Waals surface area contributed by atoms with E-state index in [9.17, 15) is 24.9 Å². The Morgan fingerprint density at radius 1 is 1.26 bits per heavy atom. The molecule has 23 heavy (non-hydrogen) atoms. The number of aryl methyl sites for hydroxylation is 1. The molecule has 3 rings (SSSR count). The van der Waals surface area contributed by atoms with Crippen LogP contribution in [-0.4, -0.2) is 27.3 Å². The standard InChI is InChI=1S/C18H22O5/c1-18(17(22)23)7-6-13-12-5-3-11(19)8-10(12)2-4-14(13)15(18)9-16(20)21/h3,5,8,13-15,19H,2,4,6-7,9H2,1H3,(H,20,21)(H,22,23)/t13-,14-,15+,18+/m1/s1. The summed E-state index contributed by atoms with van der Waals surface area (Å²) in [6.45, 7) is 1.70. The van der Waals surface area contributed by atoms with Crippen LogP contribution in [0, 0.1) is 17.3 Å². The molecule has 4 atom stereocenters. The van der Waals surface area contributed by atoms with Gasteiger partial charge < -0.3 is 15.3 Å². The maximum Gasteiger partial charge on any atom is 0.309 e. The number of rotatable bonds is 3. The molecule has 0 radical (unpaired) electrons. The predicted molar refractivity (Wildman–Crippen MR) is 83.4 cm³/mol. The van der Waals surface area contributed by atoms with Gasteiger partial charge in [-0.25, -0.2) is 0 Å². The molecule has 1 saturated carbocycles. The number of hydrogen-bond donors (Lipinski definition) is 3. The van der Waals surface area contributed by atoms with Crippen LogP contribution in [0.25, 0.3) is 0 Å². The van der Waals surface area contributed by atoms with E-state index in [0.29, 0.717) is 6.42 Å². The highest BCUT2D eigenvalue weighted by molar-refractivity contribution is 5.77. The van der Waals surface area contributed by atoms with Gasteiger partial charge in [-0.05, 0) is 73.6 Å². The van der Waals surface area contributed by atoms with Crippen LogP contribution in [0.1, 0.15) is 49.7 Å². The van der Waals surface area contributed by atoms with E-state index in [1.165, 1.54) is 0 Å². The highest BCUT2D eigenvalue weighted by Gasteiger charge is 2.52. The Bertz CT molecular complexity index is 653. The summed E-state index contributed by atoms with van der Waals surface area (Å²) >= 11 is 0. The second-order valence-corrected chi connectivity index (χ2v) is 7.16. The highest BCUT2D eigenvalue weighted by Crippen LogP contribution is 2.56. The zero-order chi connectivity index (χ0) is 16.8. The topological polar surface area (TPSA) is 94.8 Å². The Hall–Kier alpha value is -2.04. The number of phenolic OH excluding ortho intramolecular Hbond substituents is 1. The molecule has 5 nitrogen and oxygen atoms in total. The Kier molecular flexibility index (Phi) is 3.82. The number of fused-ring (bicyclic) bond motifs is 3. The van der Waals surface area contributed by atoms with E-state index in [-0.39, 0.29) is 29.9 Å². The molecule has 2 aliphatic carbocycles. The summed E-state index contributed by atoms with van der Waals surface area (Å²) in [5.41, 5.74) is 1.29. The molecule has 2 aliphatic rings. The third-order valence-electron chi connectivity index (χ3n) is 5.98. The van der Waals surface area contributed by atoms with Crippen molar-refractivity contribution in [3.05, 3.63) is 29.3 Å². The maximum atomic E-state index is 11.8. The molecule has 0 bridgehead atoms. The van der Waals surface area contributed by atoms with E-state index in [0.717, 1.165) is 30.4 Å². The molecule has 0 aromatic heterocycles. The Balaban J connectivity index is 1.99. The minimum absolute atomic E-state index is 0.0676. The summed E-state index contributed by atoms with van der Waals surface area (Å²) in [6.07, 6.45) is 2.68. The van der Waals surface area contributed by atoms with Crippen LogP contribution in [-0.2, 0) is 16.0 Å². The SMILES string of the molecule is C[C@]1(C(=O)O)CC[C@@H]2c3ccc(O)cc3CC[C@H]2[C@@H]1CC(=O)O. The van der Waals surface area contributed by atoms with Crippen LogP contribution < -0.4 is 0 Å². The number of aliphatic carboxylic acids is 2. The Morgan fingerprint density at radius 2 is 2.00 bits per heavy atom. The molecule has 1 aromatic rings. The Morgan fingerprint density at radius 3 is 2.65 bits per heavy atom. The lowest BCUT2D eigenvalue weighted by molar-refractivity contribution is -0.159. The summed E-state index contributed by atoms with van der Waals surface area (Å²) in [6, 6.07) is 5.36. The first-order valence-electron chi connectivity index (χ1n) is 8.10. The van der Waals surface area contributed by atoms with Crippen molar-refractivity contribution in [3.8, 4) is 5.75 Å². The van der Waals surface area contributed by atoms with E-state index in [4.69, 9.17) is 0 Å². The number of carboxylic acids is 2. The molecule has 124 valence electrons. The average Bonchev–Trinajstić information content (AvgIpc) is 2.48. The molecule has 0 unspecified atom stereocenters. The first-order valence-corrected chi connectivity index (χ1v) is 8.10. The lowest BCUT2D eigenvalue weighted by Gasteiger charge is -2.49. The molecule has 0 saturated heterocycles. The molecule has 3 N–H and O–H groups in total. The van der Waals surface area contributed by atoms with Crippen LogP contribution in [0.5, 0.6) is 5.75 Å². The highest BCUT2D eigenvalue weighted by atomic mass is 16.4. The first-order chi connectivity index (χ1) is 10.8. The van der Waals surface area contributed by atoms with Gasteiger partial charge in [-0.15, -0.1) is 0 Å². The summed E-state index contributed by atoms with van der Waals surface area (Å²) in [5.74, 6) is -1.68. The van der Waals surface area contributed by atoms with Crippen molar-refractivity contribution in [2.45, 2.75) is 44.9 Å². The van der Waals surface area contributed by atoms with Crippen LogP contribution in [0.2, 0.25) is 0 Å². The molecular weight excluding hydrogens is 296 g/mol. The number of phenols is 1. The Labute approximate surface area is 135 Å². The minimum atomic E-state index is -0.978. The van der Waals surface area contributed by atoms with E-state index < -0.39 is 17.4 Å². The zero-order valence-electron chi connectivity index (χ0n) is 13.2. The quantitative estimate of drug-likeness (QED) is 0.796. The molecule has 0 amide bonds. The number of hydrogen-bond acceptors (Lipinski definition) is 3. The number of benzene rings is 1. The van der Waals surface area contributed by atoms with Crippen LogP contribution in [0.4, 0.5) is 0 Å². The second-order valence-electron chi connectivity index (χ2n) is 7.16. The largest absolute Gasteiger partial charge is 0.508 e. The van der Waals surface area contributed by atoms with Crippen molar-refractivity contribution in [1.29, 1.82) is 0 Å². The summed E-state index contributed by atoms with van der Waals surface area (Å²) in [7, 11) is 0. The van der Waals surface area contributed by atoms with Gasteiger partial charge in [-0.3, -0.25) is 9.59 Å². The van der Waals surface area contributed by atoms with Crippen molar-refractivity contribution in [3.63, 3.8) is 0 Å². The van der Waals surface area contributed by atoms with Gasteiger partial charge in [-0.1, -0.05) is 6.07 Å². The van der Waals surface area contributed by atoms with Crippen molar-refractivity contribution in [1.82, 2.24) is 0 Å². The van der Waals surface area contributed by atoms with E-state index in [1.54, 1.807) is 19.1 Å². The van der Waals surface area contributed by atoms with Crippen molar-refractivity contribution in [2.24, 2.45) is 17.3 Å². The van der Waals surface area contributed by atoms with Gasteiger partial charge in [-0.2, -0.15) is 0 Å². The molecule has 1 fully saturated rings. The van der Waals surface area contributed by atoms with Gasteiger partial charge in [0.15, 0.2) is 0 Å². The fourth-order valence-electron chi connectivity index (χ4n) is 4.72. The number of carbonyl (C=O) groups is 2. The van der Waals surface area contributed by atoms with Crippen molar-refractivity contribution < 1.29 is 24.9 Å². The van der Waals surface area contributed by atoms with Crippen molar-refractivity contribution >= 4 is 11.9 Å². The van der Waals surface area contributed by atoms with E-state index in [1.807, 2.05) is 6.07 Å². The maximum absolute atomic E-state index is 11.8. The zero-order valence-corrected chi connectivity index (χ0v) is 13.2. The fourth-order valence-corrected chi connectivity index (χ4v) is 4.72. The third-order valence-corrected chi connectivity index (χ3v) is 5.98. The minimum Gasteiger partial charge on any atom is -0.508 e. The summed E-state index contributed by atoms with van der Waals surface area (Å²) in [4.78, 5) is 23.1. The van der Waals surface area contributed by atoms with Gasteiger partial charge in [0.2, 0.25) is 0 Å². The molecule has 0 aliphatic heterocycles. The van der Waals surface area contributed by atoms with Gasteiger partial charge in [0.25, 0.3) is 0 Å². The molecule has 1 aromatic carbocycles. The van der Waals surface area contributed by atoms with E-state index in [2.05, 4.69) is 0 Å². The van der Waals surface area contributed by atoms with Gasteiger partial charge >= 0.3 is 11.9 Å². The third kappa shape index (κ3) is 2.58. The molecule has 5 heteroatoms. The number of aromatic hydroxyl groups is 1. The summed E-state index contributed by atoms with van der Waals surface area (Å²) in [5, 5.41) is 28.6. The summed E-state index contributed by atoms with van der Waals surface area (Å²) < 4.78 is 0. The van der Waals surface area contributed by atoms with E-state index >= 15 is 0 Å². The molecular formula is C18H22O5. The van der Waals surface area contributed by atoms with Crippen LogP contribution in [0.15, 0.2) is 18.2 Å². The number of carboxylic acid groups (broad SMARTS) is 2.